The first-order chi connectivity index (χ1) is 9.54. The van der Waals surface area contributed by atoms with Gasteiger partial charge in [-0.1, -0.05) is 0 Å². The number of nitro groups is 1. The van der Waals surface area contributed by atoms with Gasteiger partial charge in [0.1, 0.15) is 12.0 Å². The van der Waals surface area contributed by atoms with Crippen molar-refractivity contribution in [2.75, 3.05) is 31.6 Å². The van der Waals surface area contributed by atoms with Crippen molar-refractivity contribution in [2.45, 2.75) is 19.8 Å². The standard InChI is InChI=1S/C13H19BrN4O2/c1-9-11(18(19)20)7-16-13(12(9)14)17-5-3-4-10(8-17)6-15-2/h7,10,15H,3-6,8H2,1-2H3. The van der Waals surface area contributed by atoms with Gasteiger partial charge in [-0.15, -0.1) is 0 Å². The SMILES string of the molecule is CNCC1CCCN(c2ncc([N+](=O)[O-])c(C)c2Br)C1. The van der Waals surface area contributed by atoms with E-state index in [1.54, 1.807) is 6.92 Å². The third kappa shape index (κ3) is 3.09. The summed E-state index contributed by atoms with van der Waals surface area (Å²) in [6, 6.07) is 0. The summed E-state index contributed by atoms with van der Waals surface area (Å²) in [6.45, 7) is 4.62. The van der Waals surface area contributed by atoms with Crippen molar-refractivity contribution in [3.63, 3.8) is 0 Å². The lowest BCUT2D eigenvalue weighted by molar-refractivity contribution is -0.385. The van der Waals surface area contributed by atoms with Gasteiger partial charge in [0.25, 0.3) is 5.69 Å². The van der Waals surface area contributed by atoms with E-state index in [0.29, 0.717) is 11.5 Å². The molecule has 0 spiro atoms. The highest BCUT2D eigenvalue weighted by Gasteiger charge is 2.25. The van der Waals surface area contributed by atoms with Crippen LogP contribution in [0.5, 0.6) is 0 Å². The number of hydrogen-bond acceptors (Lipinski definition) is 5. The summed E-state index contributed by atoms with van der Waals surface area (Å²) in [6.07, 6.45) is 3.69. The molecule has 2 heterocycles. The molecular formula is C13H19BrN4O2. The summed E-state index contributed by atoms with van der Waals surface area (Å²) < 4.78 is 0.733. The molecule has 2 rings (SSSR count). The molecule has 1 aliphatic rings. The fourth-order valence-electron chi connectivity index (χ4n) is 2.67. The summed E-state index contributed by atoms with van der Waals surface area (Å²) in [5.74, 6) is 1.41. The Morgan fingerprint density at radius 3 is 3.05 bits per heavy atom. The highest BCUT2D eigenvalue weighted by molar-refractivity contribution is 9.10. The first-order valence-electron chi connectivity index (χ1n) is 6.73. The maximum atomic E-state index is 10.9. The fraction of sp³-hybridized carbons (Fsp3) is 0.615. The van der Waals surface area contributed by atoms with Crippen molar-refractivity contribution in [1.29, 1.82) is 0 Å². The molecule has 110 valence electrons. The van der Waals surface area contributed by atoms with Gasteiger partial charge in [0.05, 0.1) is 9.40 Å². The molecule has 7 heteroatoms. The predicted molar refractivity (Wildman–Crippen MR) is 82.2 cm³/mol. The smallest absolute Gasteiger partial charge is 0.291 e. The van der Waals surface area contributed by atoms with Crippen LogP contribution in [0.15, 0.2) is 10.7 Å². The average molecular weight is 343 g/mol. The van der Waals surface area contributed by atoms with Gasteiger partial charge in [-0.2, -0.15) is 0 Å². The fourth-order valence-corrected chi connectivity index (χ4v) is 3.23. The van der Waals surface area contributed by atoms with Gasteiger partial charge in [0.2, 0.25) is 0 Å². The molecule has 1 aromatic heterocycles. The van der Waals surface area contributed by atoms with Crippen LogP contribution in [0.3, 0.4) is 0 Å². The van der Waals surface area contributed by atoms with Gasteiger partial charge < -0.3 is 10.2 Å². The second kappa shape index (κ2) is 6.49. The number of aromatic nitrogens is 1. The van der Waals surface area contributed by atoms with Crippen LogP contribution in [0.1, 0.15) is 18.4 Å². The molecule has 0 amide bonds. The topological polar surface area (TPSA) is 71.3 Å². The third-order valence-corrected chi connectivity index (χ3v) is 4.68. The zero-order chi connectivity index (χ0) is 14.7. The average Bonchev–Trinajstić information content (AvgIpc) is 2.42. The minimum Gasteiger partial charge on any atom is -0.355 e. The Morgan fingerprint density at radius 2 is 2.40 bits per heavy atom. The number of rotatable bonds is 4. The van der Waals surface area contributed by atoms with Gasteiger partial charge in [0, 0.05) is 18.7 Å². The zero-order valence-electron chi connectivity index (χ0n) is 11.7. The van der Waals surface area contributed by atoms with Gasteiger partial charge in [0.15, 0.2) is 0 Å². The van der Waals surface area contributed by atoms with Gasteiger partial charge >= 0.3 is 0 Å². The highest BCUT2D eigenvalue weighted by Crippen LogP contribution is 2.34. The van der Waals surface area contributed by atoms with Crippen LogP contribution in [0.2, 0.25) is 0 Å². The van der Waals surface area contributed by atoms with Crippen LogP contribution in [0.4, 0.5) is 11.5 Å². The molecule has 1 saturated heterocycles. The van der Waals surface area contributed by atoms with E-state index in [4.69, 9.17) is 0 Å². The molecule has 1 aliphatic heterocycles. The van der Waals surface area contributed by atoms with Gasteiger partial charge in [-0.25, -0.2) is 4.98 Å². The molecule has 0 radical (unpaired) electrons. The van der Waals surface area contributed by atoms with E-state index < -0.39 is 4.92 Å². The Morgan fingerprint density at radius 1 is 1.65 bits per heavy atom. The summed E-state index contributed by atoms with van der Waals surface area (Å²) in [4.78, 5) is 17.0. The second-order valence-electron chi connectivity index (χ2n) is 5.18. The van der Waals surface area contributed by atoms with Crippen molar-refractivity contribution in [2.24, 2.45) is 5.92 Å². The lowest BCUT2D eigenvalue weighted by Gasteiger charge is -2.34. The van der Waals surface area contributed by atoms with Crippen molar-refractivity contribution in [1.82, 2.24) is 10.3 Å². The van der Waals surface area contributed by atoms with Crippen LogP contribution in [0, 0.1) is 23.0 Å². The Balaban J connectivity index is 2.24. The van der Waals surface area contributed by atoms with Crippen molar-refractivity contribution in [3.05, 3.63) is 26.3 Å². The van der Waals surface area contributed by atoms with Gasteiger partial charge in [-0.05, 0) is 55.2 Å². The molecule has 6 nitrogen and oxygen atoms in total. The number of nitrogens with one attached hydrogen (secondary N) is 1. The third-order valence-electron chi connectivity index (χ3n) is 3.73. The van der Waals surface area contributed by atoms with E-state index in [0.717, 1.165) is 36.3 Å². The molecule has 0 aromatic carbocycles. The molecule has 0 saturated carbocycles. The Kier molecular flexibility index (Phi) is 4.93. The maximum absolute atomic E-state index is 10.9. The molecule has 1 atom stereocenters. The predicted octanol–water partition coefficient (Wildman–Crippen LogP) is 2.50. The number of halogens is 1. The Labute approximate surface area is 126 Å². The number of piperidine rings is 1. The summed E-state index contributed by atoms with van der Waals surface area (Å²) in [5, 5.41) is 14.1. The molecule has 1 unspecified atom stereocenters. The van der Waals surface area contributed by atoms with Crippen LogP contribution < -0.4 is 10.2 Å². The molecule has 1 fully saturated rings. The quantitative estimate of drug-likeness (QED) is 0.672. The largest absolute Gasteiger partial charge is 0.355 e. The van der Waals surface area contributed by atoms with E-state index in [9.17, 15) is 10.1 Å². The normalized spacial score (nSPS) is 19.1. The zero-order valence-corrected chi connectivity index (χ0v) is 13.3. The first kappa shape index (κ1) is 15.2. The van der Waals surface area contributed by atoms with Crippen LogP contribution in [-0.4, -0.2) is 36.6 Å². The van der Waals surface area contributed by atoms with Crippen molar-refractivity contribution < 1.29 is 4.92 Å². The highest BCUT2D eigenvalue weighted by atomic mass is 79.9. The molecular weight excluding hydrogens is 324 g/mol. The summed E-state index contributed by atoms with van der Waals surface area (Å²) in [5.41, 5.74) is 0.695. The number of hydrogen-bond donors (Lipinski definition) is 1. The second-order valence-corrected chi connectivity index (χ2v) is 5.97. The molecule has 20 heavy (non-hydrogen) atoms. The number of pyridine rings is 1. The van der Waals surface area contributed by atoms with Crippen LogP contribution in [0.25, 0.3) is 0 Å². The van der Waals surface area contributed by atoms with E-state index >= 15 is 0 Å². The van der Waals surface area contributed by atoms with E-state index in [2.05, 4.69) is 31.1 Å². The minimum atomic E-state index is -0.392. The molecule has 1 aromatic rings. The molecule has 0 bridgehead atoms. The lowest BCUT2D eigenvalue weighted by Crippen LogP contribution is -2.39. The van der Waals surface area contributed by atoms with Gasteiger partial charge in [-0.3, -0.25) is 10.1 Å². The minimum absolute atomic E-state index is 0.0596. The molecule has 0 aliphatic carbocycles. The maximum Gasteiger partial charge on any atom is 0.291 e. The lowest BCUT2D eigenvalue weighted by atomic mass is 9.98. The Hall–Kier alpha value is -1.21. The van der Waals surface area contributed by atoms with Crippen molar-refractivity contribution in [3.8, 4) is 0 Å². The van der Waals surface area contributed by atoms with E-state index in [1.807, 2.05) is 7.05 Å². The number of anilines is 1. The number of nitrogens with zero attached hydrogens (tertiary/aromatic N) is 3. The molecule has 1 N–H and O–H groups in total. The first-order valence-corrected chi connectivity index (χ1v) is 7.53. The Bertz CT molecular complexity index is 507. The summed E-state index contributed by atoms with van der Waals surface area (Å²) in [7, 11) is 1.96. The van der Waals surface area contributed by atoms with E-state index in [1.165, 1.54) is 12.6 Å². The van der Waals surface area contributed by atoms with E-state index in [-0.39, 0.29) is 5.69 Å². The van der Waals surface area contributed by atoms with Crippen LogP contribution >= 0.6 is 15.9 Å². The van der Waals surface area contributed by atoms with Crippen LogP contribution in [-0.2, 0) is 0 Å². The summed E-state index contributed by atoms with van der Waals surface area (Å²) >= 11 is 3.47. The monoisotopic (exact) mass is 342 g/mol. The van der Waals surface area contributed by atoms with Crippen molar-refractivity contribution >= 4 is 27.4 Å².